The fourth-order valence-corrected chi connectivity index (χ4v) is 3.37. The minimum atomic E-state index is 0. The first-order valence-electron chi connectivity index (χ1n) is 8.44. The van der Waals surface area contributed by atoms with E-state index in [0.717, 1.165) is 45.2 Å². The second kappa shape index (κ2) is 9.71. The van der Waals surface area contributed by atoms with E-state index < -0.39 is 0 Å². The highest BCUT2D eigenvalue weighted by molar-refractivity contribution is 5.85. The Kier molecular flexibility index (Phi) is 8.69. The number of hydrogen-bond donors (Lipinski definition) is 1. The van der Waals surface area contributed by atoms with Gasteiger partial charge < -0.3 is 15.0 Å². The number of carbonyl (C=O) groups excluding carboxylic acids is 1. The van der Waals surface area contributed by atoms with Crippen molar-refractivity contribution in [1.29, 1.82) is 0 Å². The average Bonchev–Trinajstić information content (AvgIpc) is 2.45. The lowest BCUT2D eigenvalue weighted by Gasteiger charge is -2.37. The predicted octanol–water partition coefficient (Wildman–Crippen LogP) is 1.37. The summed E-state index contributed by atoms with van der Waals surface area (Å²) in [6.45, 7) is 12.6. The molecule has 1 N–H and O–H groups in total. The number of morpholine rings is 1. The molecule has 5 nitrogen and oxygen atoms in total. The third kappa shape index (κ3) is 6.03. The van der Waals surface area contributed by atoms with Gasteiger partial charge in [0, 0.05) is 13.1 Å². The molecular formula is C16H32ClN3O2. The zero-order valence-corrected chi connectivity index (χ0v) is 15.0. The molecule has 130 valence electrons. The molecule has 0 aromatic heterocycles. The standard InChI is InChI=1S/C16H31N3O2.ClH/c1-4-17-9-15-5-7-18(8-6-15)12-16(20)19-10-13(2)21-14(3)11-19;/h13-15,17H,4-12H2,1-3H3;1H. The molecule has 2 fully saturated rings. The number of rotatable bonds is 5. The maximum Gasteiger partial charge on any atom is 0.236 e. The number of likely N-dealkylation sites (tertiary alicyclic amines) is 1. The Labute approximate surface area is 141 Å². The van der Waals surface area contributed by atoms with E-state index in [1.807, 2.05) is 18.7 Å². The van der Waals surface area contributed by atoms with Crippen LogP contribution in [0, 0.1) is 5.92 Å². The van der Waals surface area contributed by atoms with Gasteiger partial charge in [0.2, 0.25) is 5.91 Å². The molecule has 0 saturated carbocycles. The predicted molar refractivity (Wildman–Crippen MR) is 91.5 cm³/mol. The quantitative estimate of drug-likeness (QED) is 0.825. The zero-order chi connectivity index (χ0) is 15.2. The Bertz CT molecular complexity index is 325. The lowest BCUT2D eigenvalue weighted by molar-refractivity contribution is -0.144. The number of piperidine rings is 1. The number of hydrogen-bond acceptors (Lipinski definition) is 4. The highest BCUT2D eigenvalue weighted by Gasteiger charge is 2.28. The van der Waals surface area contributed by atoms with E-state index in [-0.39, 0.29) is 30.5 Å². The SMILES string of the molecule is CCNCC1CCN(CC(=O)N2CC(C)OC(C)C2)CC1.Cl. The van der Waals surface area contributed by atoms with E-state index >= 15 is 0 Å². The van der Waals surface area contributed by atoms with Crippen molar-refractivity contribution in [2.75, 3.05) is 45.8 Å². The first kappa shape index (κ1) is 19.7. The van der Waals surface area contributed by atoms with Crippen LogP contribution in [-0.2, 0) is 9.53 Å². The molecule has 2 atom stereocenters. The van der Waals surface area contributed by atoms with Crippen LogP contribution in [0.4, 0.5) is 0 Å². The van der Waals surface area contributed by atoms with E-state index in [1.165, 1.54) is 12.8 Å². The molecule has 0 radical (unpaired) electrons. The fourth-order valence-electron chi connectivity index (χ4n) is 3.37. The van der Waals surface area contributed by atoms with Gasteiger partial charge in [0.15, 0.2) is 0 Å². The molecule has 0 aromatic rings. The second-order valence-corrected chi connectivity index (χ2v) is 6.58. The first-order valence-corrected chi connectivity index (χ1v) is 8.44. The smallest absolute Gasteiger partial charge is 0.236 e. The van der Waals surface area contributed by atoms with Gasteiger partial charge in [0.25, 0.3) is 0 Å². The minimum Gasteiger partial charge on any atom is -0.372 e. The highest BCUT2D eigenvalue weighted by Crippen LogP contribution is 2.17. The van der Waals surface area contributed by atoms with E-state index in [0.29, 0.717) is 6.54 Å². The van der Waals surface area contributed by atoms with Crippen LogP contribution in [0.3, 0.4) is 0 Å². The van der Waals surface area contributed by atoms with Crippen LogP contribution in [-0.4, -0.2) is 73.7 Å². The summed E-state index contributed by atoms with van der Waals surface area (Å²) in [5, 5.41) is 3.43. The van der Waals surface area contributed by atoms with Crippen molar-refractivity contribution < 1.29 is 9.53 Å². The molecule has 22 heavy (non-hydrogen) atoms. The van der Waals surface area contributed by atoms with Gasteiger partial charge in [-0.15, -0.1) is 12.4 Å². The fraction of sp³-hybridized carbons (Fsp3) is 0.938. The van der Waals surface area contributed by atoms with Gasteiger partial charge in [0.05, 0.1) is 18.8 Å². The molecule has 0 spiro atoms. The molecule has 0 aliphatic carbocycles. The van der Waals surface area contributed by atoms with Crippen molar-refractivity contribution in [2.45, 2.75) is 45.8 Å². The minimum absolute atomic E-state index is 0. The molecule has 2 unspecified atom stereocenters. The van der Waals surface area contributed by atoms with E-state index in [2.05, 4.69) is 17.1 Å². The van der Waals surface area contributed by atoms with Gasteiger partial charge in [-0.1, -0.05) is 6.92 Å². The second-order valence-electron chi connectivity index (χ2n) is 6.58. The summed E-state index contributed by atoms with van der Waals surface area (Å²) in [6, 6.07) is 0. The molecule has 2 saturated heterocycles. The van der Waals surface area contributed by atoms with Gasteiger partial charge in [0.1, 0.15) is 0 Å². The van der Waals surface area contributed by atoms with Crippen molar-refractivity contribution in [2.24, 2.45) is 5.92 Å². The topological polar surface area (TPSA) is 44.8 Å². The number of carbonyl (C=O) groups is 1. The molecule has 2 heterocycles. The van der Waals surface area contributed by atoms with Crippen molar-refractivity contribution in [3.63, 3.8) is 0 Å². The van der Waals surface area contributed by atoms with Gasteiger partial charge in [-0.3, -0.25) is 9.69 Å². The van der Waals surface area contributed by atoms with Crippen LogP contribution in [0.2, 0.25) is 0 Å². The molecule has 2 rings (SSSR count). The molecule has 6 heteroatoms. The van der Waals surface area contributed by atoms with Crippen LogP contribution < -0.4 is 5.32 Å². The summed E-state index contributed by atoms with van der Waals surface area (Å²) >= 11 is 0. The molecule has 2 aliphatic rings. The van der Waals surface area contributed by atoms with Crippen LogP contribution >= 0.6 is 12.4 Å². The summed E-state index contributed by atoms with van der Waals surface area (Å²) in [5.41, 5.74) is 0. The molecule has 2 aliphatic heterocycles. The number of halogens is 1. The van der Waals surface area contributed by atoms with Gasteiger partial charge >= 0.3 is 0 Å². The Balaban J connectivity index is 0.00000242. The van der Waals surface area contributed by atoms with Gasteiger partial charge in [-0.2, -0.15) is 0 Å². The van der Waals surface area contributed by atoms with E-state index in [4.69, 9.17) is 4.74 Å². The number of amides is 1. The van der Waals surface area contributed by atoms with E-state index in [9.17, 15) is 4.79 Å². The maximum atomic E-state index is 12.4. The third-order valence-electron chi connectivity index (χ3n) is 4.52. The lowest BCUT2D eigenvalue weighted by Crippen LogP contribution is -2.51. The highest BCUT2D eigenvalue weighted by atomic mass is 35.5. The third-order valence-corrected chi connectivity index (χ3v) is 4.52. The largest absolute Gasteiger partial charge is 0.372 e. The van der Waals surface area contributed by atoms with E-state index in [1.54, 1.807) is 0 Å². The Morgan fingerprint density at radius 3 is 2.32 bits per heavy atom. The Morgan fingerprint density at radius 2 is 1.77 bits per heavy atom. The van der Waals surface area contributed by atoms with Crippen molar-refractivity contribution in [3.05, 3.63) is 0 Å². The van der Waals surface area contributed by atoms with Crippen molar-refractivity contribution in [1.82, 2.24) is 15.1 Å². The van der Waals surface area contributed by atoms with Crippen molar-refractivity contribution in [3.8, 4) is 0 Å². The number of nitrogens with zero attached hydrogens (tertiary/aromatic N) is 2. The first-order chi connectivity index (χ1) is 10.1. The zero-order valence-electron chi connectivity index (χ0n) is 14.2. The summed E-state index contributed by atoms with van der Waals surface area (Å²) in [6.07, 6.45) is 2.72. The number of ether oxygens (including phenoxy) is 1. The maximum absolute atomic E-state index is 12.4. The Morgan fingerprint density at radius 1 is 1.18 bits per heavy atom. The summed E-state index contributed by atoms with van der Waals surface area (Å²) in [5.74, 6) is 1.04. The van der Waals surface area contributed by atoms with Crippen molar-refractivity contribution >= 4 is 18.3 Å². The van der Waals surface area contributed by atoms with Crippen LogP contribution in [0.5, 0.6) is 0 Å². The lowest BCUT2D eigenvalue weighted by atomic mass is 9.97. The average molecular weight is 334 g/mol. The van der Waals surface area contributed by atoms with Crippen LogP contribution in [0.25, 0.3) is 0 Å². The summed E-state index contributed by atoms with van der Waals surface area (Å²) in [7, 11) is 0. The number of nitrogens with one attached hydrogen (secondary N) is 1. The summed E-state index contributed by atoms with van der Waals surface area (Å²) < 4.78 is 5.69. The molecular weight excluding hydrogens is 302 g/mol. The van der Waals surface area contributed by atoms with Gasteiger partial charge in [-0.25, -0.2) is 0 Å². The van der Waals surface area contributed by atoms with Gasteiger partial charge in [-0.05, 0) is 58.8 Å². The molecule has 1 amide bonds. The van der Waals surface area contributed by atoms with Crippen LogP contribution in [0.1, 0.15) is 33.6 Å². The summed E-state index contributed by atoms with van der Waals surface area (Å²) in [4.78, 5) is 16.7. The monoisotopic (exact) mass is 333 g/mol. The Hall–Kier alpha value is -0.360. The molecule has 0 aromatic carbocycles. The van der Waals surface area contributed by atoms with Crippen LogP contribution in [0.15, 0.2) is 0 Å². The molecule has 0 bridgehead atoms. The normalized spacial score (nSPS) is 27.5.